The van der Waals surface area contributed by atoms with E-state index in [0.717, 1.165) is 5.39 Å². The third-order valence-corrected chi connectivity index (χ3v) is 3.31. The first-order valence-electron chi connectivity index (χ1n) is 6.28. The van der Waals surface area contributed by atoms with Crippen molar-refractivity contribution in [3.63, 3.8) is 0 Å². The van der Waals surface area contributed by atoms with Gasteiger partial charge in [-0.1, -0.05) is 30.4 Å². The van der Waals surface area contributed by atoms with Gasteiger partial charge in [-0.15, -0.1) is 0 Å². The molecule has 0 unspecified atom stereocenters. The summed E-state index contributed by atoms with van der Waals surface area (Å²) in [5.74, 6) is 1.12. The first-order valence-corrected chi connectivity index (χ1v) is 6.68. The summed E-state index contributed by atoms with van der Waals surface area (Å²) in [6.07, 6.45) is 1.70. The number of rotatable bonds is 2. The highest BCUT2D eigenvalue weighted by Crippen LogP contribution is 2.19. The summed E-state index contributed by atoms with van der Waals surface area (Å²) in [5, 5.41) is 3.82. The number of hydrogen-bond acceptors (Lipinski definition) is 5. The lowest BCUT2D eigenvalue weighted by atomic mass is 10.3. The topological polar surface area (TPSA) is 68.1 Å². The average molecular weight is 295 g/mol. The van der Waals surface area contributed by atoms with Crippen LogP contribution < -0.4 is 4.74 Å². The SMILES string of the molecule is S=c1nc2nc(Oc3ccccc3)[nH]n2c2ncccc12. The Hall–Kier alpha value is -2.80. The van der Waals surface area contributed by atoms with Crippen LogP contribution in [0.3, 0.4) is 0 Å². The third-order valence-electron chi connectivity index (χ3n) is 3.00. The molecule has 0 bridgehead atoms. The fourth-order valence-corrected chi connectivity index (χ4v) is 2.31. The van der Waals surface area contributed by atoms with Gasteiger partial charge in [-0.25, -0.2) is 10.1 Å². The molecule has 1 N–H and O–H groups in total. The molecular weight excluding hydrogens is 286 g/mol. The minimum atomic E-state index is 0.334. The highest BCUT2D eigenvalue weighted by molar-refractivity contribution is 7.71. The molecule has 0 saturated carbocycles. The molecule has 4 aromatic rings. The quantitative estimate of drug-likeness (QED) is 0.575. The van der Waals surface area contributed by atoms with Crippen LogP contribution >= 0.6 is 12.2 Å². The van der Waals surface area contributed by atoms with E-state index in [1.165, 1.54) is 0 Å². The van der Waals surface area contributed by atoms with Gasteiger partial charge in [0.1, 0.15) is 10.4 Å². The Balaban J connectivity index is 1.90. The summed E-state index contributed by atoms with van der Waals surface area (Å²) >= 11 is 5.26. The number of H-pyrrole nitrogens is 1. The van der Waals surface area contributed by atoms with Crippen molar-refractivity contribution in [1.82, 2.24) is 24.6 Å². The summed E-state index contributed by atoms with van der Waals surface area (Å²) < 4.78 is 7.79. The highest BCUT2D eigenvalue weighted by atomic mass is 32.1. The number of benzene rings is 1. The molecule has 1 aromatic carbocycles. The number of fused-ring (bicyclic) bond motifs is 3. The van der Waals surface area contributed by atoms with E-state index in [9.17, 15) is 0 Å². The van der Waals surface area contributed by atoms with Gasteiger partial charge in [0.15, 0.2) is 5.65 Å². The first kappa shape index (κ1) is 12.0. The molecule has 3 aromatic heterocycles. The van der Waals surface area contributed by atoms with Crippen LogP contribution in [-0.4, -0.2) is 24.6 Å². The van der Waals surface area contributed by atoms with E-state index in [2.05, 4.69) is 20.1 Å². The largest absolute Gasteiger partial charge is 0.425 e. The predicted octanol–water partition coefficient (Wildman–Crippen LogP) is 3.13. The van der Waals surface area contributed by atoms with Gasteiger partial charge in [0.25, 0.3) is 5.78 Å². The Morgan fingerprint density at radius 3 is 2.76 bits per heavy atom. The van der Waals surface area contributed by atoms with Gasteiger partial charge < -0.3 is 4.74 Å². The van der Waals surface area contributed by atoms with Crippen molar-refractivity contribution in [2.45, 2.75) is 0 Å². The summed E-state index contributed by atoms with van der Waals surface area (Å²) in [7, 11) is 0. The summed E-state index contributed by atoms with van der Waals surface area (Å²) in [6.45, 7) is 0. The van der Waals surface area contributed by atoms with Crippen LogP contribution in [-0.2, 0) is 0 Å². The second kappa shape index (κ2) is 4.64. The van der Waals surface area contributed by atoms with Crippen LogP contribution in [0.4, 0.5) is 0 Å². The maximum atomic E-state index is 5.66. The molecule has 0 saturated heterocycles. The third kappa shape index (κ3) is 2.03. The number of aromatic nitrogens is 5. The zero-order valence-corrected chi connectivity index (χ0v) is 11.5. The number of ether oxygens (including phenoxy) is 1. The molecule has 7 heteroatoms. The van der Waals surface area contributed by atoms with Gasteiger partial charge in [0.2, 0.25) is 0 Å². The van der Waals surface area contributed by atoms with E-state index in [0.29, 0.717) is 27.8 Å². The van der Waals surface area contributed by atoms with Crippen LogP contribution in [0.15, 0.2) is 48.7 Å². The molecular formula is C14H9N5OS. The van der Waals surface area contributed by atoms with Gasteiger partial charge >= 0.3 is 6.01 Å². The van der Waals surface area contributed by atoms with Crippen LogP contribution in [0, 0.1) is 4.64 Å². The number of hydrogen-bond donors (Lipinski definition) is 1. The Labute approximate surface area is 124 Å². The minimum absolute atomic E-state index is 0.334. The van der Waals surface area contributed by atoms with Crippen molar-refractivity contribution >= 4 is 29.0 Å². The minimum Gasteiger partial charge on any atom is -0.425 e. The number of aromatic amines is 1. The van der Waals surface area contributed by atoms with E-state index in [1.54, 1.807) is 10.7 Å². The van der Waals surface area contributed by atoms with E-state index in [1.807, 2.05) is 42.5 Å². The van der Waals surface area contributed by atoms with Gasteiger partial charge in [0, 0.05) is 6.20 Å². The lowest BCUT2D eigenvalue weighted by Gasteiger charge is -2.00. The fourth-order valence-electron chi connectivity index (χ4n) is 2.07. The van der Waals surface area contributed by atoms with E-state index in [4.69, 9.17) is 17.0 Å². The summed E-state index contributed by atoms with van der Waals surface area (Å²) in [6, 6.07) is 13.4. The van der Waals surface area contributed by atoms with Crippen molar-refractivity contribution < 1.29 is 4.74 Å². The van der Waals surface area contributed by atoms with Crippen molar-refractivity contribution in [3.8, 4) is 11.8 Å². The van der Waals surface area contributed by atoms with Crippen molar-refractivity contribution in [1.29, 1.82) is 0 Å². The Morgan fingerprint density at radius 1 is 1.05 bits per heavy atom. The smallest absolute Gasteiger partial charge is 0.318 e. The molecule has 0 aliphatic heterocycles. The van der Waals surface area contributed by atoms with Crippen molar-refractivity contribution in [3.05, 3.63) is 53.3 Å². The average Bonchev–Trinajstić information content (AvgIpc) is 2.91. The Bertz CT molecular complexity index is 993. The molecule has 0 spiro atoms. The molecule has 0 fully saturated rings. The summed E-state index contributed by atoms with van der Waals surface area (Å²) in [5.41, 5.74) is 0.669. The van der Waals surface area contributed by atoms with Gasteiger partial charge in [-0.2, -0.15) is 14.5 Å². The molecule has 4 rings (SSSR count). The van der Waals surface area contributed by atoms with Crippen molar-refractivity contribution in [2.24, 2.45) is 0 Å². The molecule has 0 atom stereocenters. The van der Waals surface area contributed by atoms with Crippen LogP contribution in [0.1, 0.15) is 0 Å². The molecule has 102 valence electrons. The molecule has 0 aliphatic rings. The standard InChI is InChI=1S/C14H9N5OS/c21-12-10-7-4-8-15-11(10)19-13(16-12)17-14(18-19)20-9-5-2-1-3-6-9/h1-8H,(H,16,17,18,21). The number of nitrogens with zero attached hydrogens (tertiary/aromatic N) is 4. The van der Waals surface area contributed by atoms with Gasteiger partial charge in [-0.3, -0.25) is 0 Å². The number of para-hydroxylation sites is 1. The molecule has 3 heterocycles. The molecule has 0 aliphatic carbocycles. The van der Waals surface area contributed by atoms with Crippen LogP contribution in [0.5, 0.6) is 11.8 Å². The first-order chi connectivity index (χ1) is 10.3. The zero-order chi connectivity index (χ0) is 14.2. The highest BCUT2D eigenvalue weighted by Gasteiger charge is 2.10. The Kier molecular flexibility index (Phi) is 2.65. The maximum Gasteiger partial charge on any atom is 0.318 e. The fraction of sp³-hybridized carbons (Fsp3) is 0. The van der Waals surface area contributed by atoms with Gasteiger partial charge in [-0.05, 0) is 24.3 Å². The second-order valence-corrected chi connectivity index (χ2v) is 4.76. The van der Waals surface area contributed by atoms with E-state index in [-0.39, 0.29) is 0 Å². The lowest BCUT2D eigenvalue weighted by molar-refractivity contribution is 0.443. The lowest BCUT2D eigenvalue weighted by Crippen LogP contribution is -1.96. The molecule has 0 amide bonds. The van der Waals surface area contributed by atoms with Crippen LogP contribution in [0.2, 0.25) is 0 Å². The van der Waals surface area contributed by atoms with E-state index < -0.39 is 0 Å². The number of nitrogens with one attached hydrogen (secondary N) is 1. The van der Waals surface area contributed by atoms with Crippen LogP contribution in [0.25, 0.3) is 16.8 Å². The normalized spacial score (nSPS) is 11.0. The maximum absolute atomic E-state index is 5.66. The predicted molar refractivity (Wildman–Crippen MR) is 80.0 cm³/mol. The van der Waals surface area contributed by atoms with Crippen molar-refractivity contribution in [2.75, 3.05) is 0 Å². The monoisotopic (exact) mass is 295 g/mol. The van der Waals surface area contributed by atoms with Gasteiger partial charge in [0.05, 0.1) is 5.39 Å². The number of pyridine rings is 1. The zero-order valence-electron chi connectivity index (χ0n) is 10.7. The molecule has 6 nitrogen and oxygen atoms in total. The second-order valence-electron chi connectivity index (χ2n) is 4.37. The molecule has 0 radical (unpaired) electrons. The molecule has 21 heavy (non-hydrogen) atoms. The Morgan fingerprint density at radius 2 is 1.90 bits per heavy atom. The van der Waals surface area contributed by atoms with E-state index >= 15 is 0 Å². The summed E-state index contributed by atoms with van der Waals surface area (Å²) in [4.78, 5) is 12.9.